The Morgan fingerprint density at radius 1 is 1.15 bits per heavy atom. The summed E-state index contributed by atoms with van der Waals surface area (Å²) in [4.78, 5) is 9.76. The number of fused-ring (bicyclic) bond motifs is 1. The Kier molecular flexibility index (Phi) is 5.62. The zero-order valence-corrected chi connectivity index (χ0v) is 20.4. The lowest BCUT2D eigenvalue weighted by molar-refractivity contribution is 0.0611. The first-order chi connectivity index (χ1) is 15.7. The number of nitrogens with zero attached hydrogens (tertiary/aromatic N) is 4. The van der Waals surface area contributed by atoms with E-state index in [0.717, 1.165) is 55.3 Å². The van der Waals surface area contributed by atoms with Crippen LogP contribution in [0.25, 0.3) is 21.7 Å². The second-order valence-electron chi connectivity index (χ2n) is 9.38. The highest BCUT2D eigenvalue weighted by Gasteiger charge is 2.27. The van der Waals surface area contributed by atoms with Crippen LogP contribution in [0.4, 0.5) is 0 Å². The summed E-state index contributed by atoms with van der Waals surface area (Å²) in [6.07, 6.45) is 3.27. The Balaban J connectivity index is 1.54. The monoisotopic (exact) mass is 486 g/mol. The lowest BCUT2D eigenvalue weighted by Crippen LogP contribution is -2.25. The molecule has 1 fully saturated rings. The molecule has 0 aliphatic carbocycles. The van der Waals surface area contributed by atoms with Crippen LogP contribution >= 0.6 is 11.3 Å². The number of aromatic nitrogens is 4. The molecule has 0 saturated carbocycles. The van der Waals surface area contributed by atoms with Gasteiger partial charge in [0, 0.05) is 25.2 Å². The molecule has 5 rings (SSSR count). The van der Waals surface area contributed by atoms with Gasteiger partial charge in [-0.25, -0.2) is 13.4 Å². The number of hydrogen-bond donors (Lipinski definition) is 0. The van der Waals surface area contributed by atoms with E-state index in [1.165, 1.54) is 6.39 Å². The van der Waals surface area contributed by atoms with Crippen molar-refractivity contribution in [3.8, 4) is 10.7 Å². The van der Waals surface area contributed by atoms with Crippen molar-refractivity contribution in [3.05, 3.63) is 42.5 Å². The molecule has 174 valence electrons. The first-order valence-electron chi connectivity index (χ1n) is 10.9. The van der Waals surface area contributed by atoms with Crippen molar-refractivity contribution in [3.63, 3.8) is 0 Å². The predicted molar refractivity (Wildman–Crippen MR) is 125 cm³/mol. The van der Waals surface area contributed by atoms with Crippen LogP contribution < -0.4 is 0 Å². The van der Waals surface area contributed by atoms with Gasteiger partial charge in [-0.15, -0.1) is 11.3 Å². The van der Waals surface area contributed by atoms with Gasteiger partial charge in [-0.1, -0.05) is 25.9 Å². The molecule has 8 nitrogen and oxygen atoms in total. The smallest absolute Gasteiger partial charge is 0.216 e. The Labute approximate surface area is 196 Å². The van der Waals surface area contributed by atoms with Gasteiger partial charge >= 0.3 is 0 Å². The molecule has 0 amide bonds. The zero-order valence-electron chi connectivity index (χ0n) is 18.8. The number of ether oxygens (including phenoxy) is 1. The van der Waals surface area contributed by atoms with Gasteiger partial charge in [-0.3, -0.25) is 0 Å². The standard InChI is InChI=1S/C23H26N4O4S2/c1-23(2,3)22-25-17-12-16(4-5-18(17)27(22)13-15-8-10-30-11-9-15)33(28,29)20-7-6-19(32-20)21-24-14-31-26-21/h4-7,12,14-15H,8-11,13H2,1-3H3. The lowest BCUT2D eigenvalue weighted by atomic mass is 9.94. The highest BCUT2D eigenvalue weighted by Crippen LogP contribution is 2.35. The third-order valence-corrected chi connectivity index (χ3v) is 9.23. The van der Waals surface area contributed by atoms with E-state index in [2.05, 4.69) is 35.5 Å². The van der Waals surface area contributed by atoms with E-state index in [9.17, 15) is 8.42 Å². The van der Waals surface area contributed by atoms with E-state index in [0.29, 0.717) is 22.1 Å². The second-order valence-corrected chi connectivity index (χ2v) is 12.6. The van der Waals surface area contributed by atoms with Crippen LogP contribution in [0.2, 0.25) is 0 Å². The maximum atomic E-state index is 13.4. The summed E-state index contributed by atoms with van der Waals surface area (Å²) in [6, 6.07) is 8.53. The van der Waals surface area contributed by atoms with E-state index in [1.807, 2.05) is 6.07 Å². The minimum atomic E-state index is -3.70. The van der Waals surface area contributed by atoms with Crippen molar-refractivity contribution in [2.75, 3.05) is 13.2 Å². The fourth-order valence-electron chi connectivity index (χ4n) is 4.20. The molecule has 0 bridgehead atoms. The molecular formula is C23H26N4O4S2. The molecule has 0 spiro atoms. The Morgan fingerprint density at radius 2 is 1.94 bits per heavy atom. The highest BCUT2D eigenvalue weighted by molar-refractivity contribution is 7.93. The molecule has 0 N–H and O–H groups in total. The van der Waals surface area contributed by atoms with Crippen LogP contribution in [-0.4, -0.2) is 41.3 Å². The Morgan fingerprint density at radius 3 is 2.64 bits per heavy atom. The van der Waals surface area contributed by atoms with Crippen molar-refractivity contribution in [2.45, 2.75) is 54.7 Å². The molecule has 1 aromatic carbocycles. The highest BCUT2D eigenvalue weighted by atomic mass is 32.2. The molecule has 33 heavy (non-hydrogen) atoms. The van der Waals surface area contributed by atoms with E-state index in [-0.39, 0.29) is 14.5 Å². The average Bonchev–Trinajstić information content (AvgIpc) is 3.53. The topological polar surface area (TPSA) is 100 Å². The summed E-state index contributed by atoms with van der Waals surface area (Å²) in [7, 11) is -3.70. The molecule has 4 aromatic rings. The summed E-state index contributed by atoms with van der Waals surface area (Å²) in [5, 5.41) is 3.79. The second kappa shape index (κ2) is 8.34. The normalized spacial score (nSPS) is 16.0. The summed E-state index contributed by atoms with van der Waals surface area (Å²) >= 11 is 1.12. The maximum Gasteiger partial charge on any atom is 0.216 e. The molecule has 0 atom stereocenters. The van der Waals surface area contributed by atoms with Crippen molar-refractivity contribution >= 4 is 32.2 Å². The van der Waals surface area contributed by atoms with Crippen LogP contribution in [0.5, 0.6) is 0 Å². The molecule has 4 heterocycles. The molecule has 1 saturated heterocycles. The summed E-state index contributed by atoms with van der Waals surface area (Å²) < 4.78 is 39.5. The molecule has 0 unspecified atom stereocenters. The first-order valence-corrected chi connectivity index (χ1v) is 13.2. The van der Waals surface area contributed by atoms with E-state index < -0.39 is 9.84 Å². The van der Waals surface area contributed by atoms with Crippen LogP contribution in [-0.2, 0) is 26.5 Å². The number of imidazole rings is 1. The van der Waals surface area contributed by atoms with Gasteiger partial charge in [0.1, 0.15) is 10.0 Å². The van der Waals surface area contributed by atoms with Gasteiger partial charge in [0.2, 0.25) is 22.1 Å². The van der Waals surface area contributed by atoms with Gasteiger partial charge < -0.3 is 13.8 Å². The molecule has 1 aliphatic rings. The van der Waals surface area contributed by atoms with Gasteiger partial charge in [0.05, 0.1) is 20.8 Å². The van der Waals surface area contributed by atoms with E-state index >= 15 is 0 Å². The minimum absolute atomic E-state index is 0.170. The molecule has 3 aromatic heterocycles. The van der Waals surface area contributed by atoms with Crippen LogP contribution in [0.1, 0.15) is 39.4 Å². The molecule has 1 aliphatic heterocycles. The number of hydrogen-bond acceptors (Lipinski definition) is 8. The first kappa shape index (κ1) is 22.2. The largest absolute Gasteiger partial charge is 0.381 e. The van der Waals surface area contributed by atoms with Crippen LogP contribution in [0.3, 0.4) is 0 Å². The van der Waals surface area contributed by atoms with Crippen molar-refractivity contribution in [2.24, 2.45) is 5.92 Å². The van der Waals surface area contributed by atoms with Gasteiger partial charge in [-0.05, 0) is 49.1 Å². The third kappa shape index (κ3) is 4.22. The fraction of sp³-hybridized carbons (Fsp3) is 0.435. The number of thiophene rings is 1. The average molecular weight is 487 g/mol. The number of benzene rings is 1. The summed E-state index contributed by atoms with van der Waals surface area (Å²) in [6.45, 7) is 8.85. The van der Waals surface area contributed by atoms with Gasteiger partial charge in [-0.2, -0.15) is 4.98 Å². The van der Waals surface area contributed by atoms with Crippen LogP contribution in [0.15, 0.2) is 50.4 Å². The maximum absolute atomic E-state index is 13.4. The SMILES string of the molecule is CC(C)(C)c1nc2cc(S(=O)(=O)c3ccc(-c4ncon4)s3)ccc2n1CC1CCOCC1. The van der Waals surface area contributed by atoms with Crippen molar-refractivity contribution in [1.29, 1.82) is 0 Å². The van der Waals surface area contributed by atoms with Crippen molar-refractivity contribution in [1.82, 2.24) is 19.7 Å². The predicted octanol–water partition coefficient (Wildman–Crippen LogP) is 4.70. The summed E-state index contributed by atoms with van der Waals surface area (Å²) in [5.41, 5.74) is 1.49. The van der Waals surface area contributed by atoms with Crippen LogP contribution in [0, 0.1) is 5.92 Å². The van der Waals surface area contributed by atoms with E-state index in [4.69, 9.17) is 14.2 Å². The minimum Gasteiger partial charge on any atom is -0.381 e. The zero-order chi connectivity index (χ0) is 23.2. The summed E-state index contributed by atoms with van der Waals surface area (Å²) in [5.74, 6) is 1.86. The Bertz CT molecular complexity index is 1380. The fourth-order valence-corrected chi connectivity index (χ4v) is 6.86. The molecular weight excluding hydrogens is 460 g/mol. The van der Waals surface area contributed by atoms with Crippen molar-refractivity contribution < 1.29 is 17.7 Å². The van der Waals surface area contributed by atoms with E-state index in [1.54, 1.807) is 24.3 Å². The quantitative estimate of drug-likeness (QED) is 0.403. The molecule has 0 radical (unpaired) electrons. The lowest BCUT2D eigenvalue weighted by Gasteiger charge is -2.26. The number of sulfone groups is 1. The Hall–Kier alpha value is -2.56. The van der Waals surface area contributed by atoms with Gasteiger partial charge in [0.15, 0.2) is 0 Å². The number of rotatable bonds is 5. The molecule has 10 heteroatoms. The van der Waals surface area contributed by atoms with Gasteiger partial charge in [0.25, 0.3) is 0 Å². The third-order valence-electron chi connectivity index (χ3n) is 5.91.